The molecule has 0 spiro atoms. The van der Waals surface area contributed by atoms with E-state index in [0.717, 1.165) is 39.8 Å². The normalized spacial score (nSPS) is 13.8. The van der Waals surface area contributed by atoms with Crippen LogP contribution >= 0.6 is 0 Å². The summed E-state index contributed by atoms with van der Waals surface area (Å²) in [6, 6.07) is 0. The van der Waals surface area contributed by atoms with E-state index in [0.29, 0.717) is 28.8 Å². The molecule has 0 atom stereocenters. The zero-order valence-corrected chi connectivity index (χ0v) is 18.7. The fourth-order valence-electron chi connectivity index (χ4n) is 3.70. The number of nitrogens with one attached hydrogen (secondary N) is 1. The van der Waals surface area contributed by atoms with Crippen LogP contribution in [0.5, 0.6) is 0 Å². The summed E-state index contributed by atoms with van der Waals surface area (Å²) >= 11 is 0. The van der Waals surface area contributed by atoms with Gasteiger partial charge in [-0.05, 0) is 87.8 Å². The van der Waals surface area contributed by atoms with Crippen molar-refractivity contribution in [2.24, 2.45) is 5.73 Å². The molecule has 0 unspecified atom stereocenters. The molecule has 0 heterocycles. The molecule has 3 N–H and O–H groups in total. The highest BCUT2D eigenvalue weighted by atomic mass is 19.1. The van der Waals surface area contributed by atoms with E-state index in [4.69, 9.17) is 11.1 Å². The third-order valence-corrected chi connectivity index (χ3v) is 5.72. The molecule has 28 heavy (non-hydrogen) atoms. The van der Waals surface area contributed by atoms with E-state index in [1.54, 1.807) is 13.0 Å². The largest absolute Gasteiger partial charge is 0.402 e. The fourth-order valence-corrected chi connectivity index (χ4v) is 3.70. The molecule has 1 rings (SSSR count). The summed E-state index contributed by atoms with van der Waals surface area (Å²) in [4.78, 5) is 0. The van der Waals surface area contributed by atoms with Crippen molar-refractivity contribution in [2.75, 3.05) is 0 Å². The summed E-state index contributed by atoms with van der Waals surface area (Å²) in [6.07, 6.45) is 5.15. The van der Waals surface area contributed by atoms with E-state index in [2.05, 4.69) is 13.5 Å². The van der Waals surface area contributed by atoms with Crippen molar-refractivity contribution in [2.45, 2.75) is 68.2 Å². The molecule has 0 radical (unpaired) electrons. The Labute approximate surface area is 170 Å². The maximum Gasteiger partial charge on any atom is 0.136 e. The van der Waals surface area contributed by atoms with Crippen LogP contribution < -0.4 is 5.73 Å². The Kier molecular flexibility index (Phi) is 8.16. The summed E-state index contributed by atoms with van der Waals surface area (Å²) in [7, 11) is 0. The smallest absolute Gasteiger partial charge is 0.136 e. The van der Waals surface area contributed by atoms with E-state index in [9.17, 15) is 0 Å². The van der Waals surface area contributed by atoms with Gasteiger partial charge in [-0.2, -0.15) is 0 Å². The topological polar surface area (TPSA) is 49.9 Å². The zero-order valence-electron chi connectivity index (χ0n) is 18.7. The lowest BCUT2D eigenvalue weighted by atomic mass is 9.82. The number of allylic oxidation sites excluding steroid dienone is 6. The number of rotatable bonds is 7. The fraction of sp³-hybridized carbons (Fsp3) is 0.400. The molecule has 0 aliphatic rings. The average molecular weight is 383 g/mol. The minimum Gasteiger partial charge on any atom is -0.402 e. The maximum absolute atomic E-state index is 15.6. The van der Waals surface area contributed by atoms with Crippen molar-refractivity contribution in [3.05, 3.63) is 74.3 Å². The molecular weight excluding hydrogens is 347 g/mol. The van der Waals surface area contributed by atoms with Crippen LogP contribution in [0.1, 0.15) is 76.3 Å². The van der Waals surface area contributed by atoms with Crippen molar-refractivity contribution in [1.29, 1.82) is 5.41 Å². The van der Waals surface area contributed by atoms with Crippen LogP contribution in [0.4, 0.5) is 4.39 Å². The van der Waals surface area contributed by atoms with E-state index in [1.807, 2.05) is 47.6 Å². The van der Waals surface area contributed by atoms with E-state index in [-0.39, 0.29) is 11.5 Å². The lowest BCUT2D eigenvalue weighted by Gasteiger charge is -2.23. The second kappa shape index (κ2) is 9.68. The predicted molar refractivity (Wildman–Crippen MR) is 122 cm³/mol. The van der Waals surface area contributed by atoms with Crippen molar-refractivity contribution < 1.29 is 4.39 Å². The molecular formula is C25H35FN2. The Hall–Kier alpha value is -2.42. The molecule has 0 amide bonds. The van der Waals surface area contributed by atoms with E-state index < -0.39 is 0 Å². The first-order valence-corrected chi connectivity index (χ1v) is 9.91. The quantitative estimate of drug-likeness (QED) is 0.395. The van der Waals surface area contributed by atoms with Gasteiger partial charge in [-0.1, -0.05) is 38.2 Å². The van der Waals surface area contributed by atoms with Crippen LogP contribution in [0.3, 0.4) is 0 Å². The van der Waals surface area contributed by atoms with Crippen molar-refractivity contribution in [3.8, 4) is 0 Å². The Morgan fingerprint density at radius 3 is 2.00 bits per heavy atom. The summed E-state index contributed by atoms with van der Waals surface area (Å²) in [5.41, 5.74) is 14.2. The van der Waals surface area contributed by atoms with Crippen LogP contribution in [0, 0.1) is 18.2 Å². The Balaban J connectivity index is 4.07. The van der Waals surface area contributed by atoms with Gasteiger partial charge in [0, 0.05) is 16.8 Å². The van der Waals surface area contributed by atoms with Crippen LogP contribution in [0.25, 0.3) is 6.08 Å². The molecule has 3 heteroatoms. The number of halogens is 1. The highest BCUT2D eigenvalue weighted by molar-refractivity contribution is 6.15. The van der Waals surface area contributed by atoms with Gasteiger partial charge in [0.05, 0.1) is 5.71 Å². The van der Waals surface area contributed by atoms with Gasteiger partial charge in [0.1, 0.15) is 5.82 Å². The molecule has 0 aliphatic carbocycles. The maximum atomic E-state index is 15.6. The highest BCUT2D eigenvalue weighted by Crippen LogP contribution is 2.33. The van der Waals surface area contributed by atoms with Crippen molar-refractivity contribution in [1.82, 2.24) is 0 Å². The summed E-state index contributed by atoms with van der Waals surface area (Å²) in [5, 5.41) is 9.05. The lowest BCUT2D eigenvalue weighted by molar-refractivity contribution is 0.611. The first-order valence-electron chi connectivity index (χ1n) is 9.91. The van der Waals surface area contributed by atoms with Gasteiger partial charge in [0.15, 0.2) is 0 Å². The minimum absolute atomic E-state index is 0.198. The highest BCUT2D eigenvalue weighted by Gasteiger charge is 2.25. The van der Waals surface area contributed by atoms with Gasteiger partial charge < -0.3 is 5.73 Å². The zero-order chi connectivity index (χ0) is 21.8. The Morgan fingerprint density at radius 1 is 1.07 bits per heavy atom. The predicted octanol–water partition coefficient (Wildman–Crippen LogP) is 6.81. The molecule has 0 bridgehead atoms. The second-order valence-corrected chi connectivity index (χ2v) is 7.25. The van der Waals surface area contributed by atoms with E-state index >= 15 is 4.39 Å². The van der Waals surface area contributed by atoms with Gasteiger partial charge in [-0.3, -0.25) is 5.41 Å². The monoisotopic (exact) mass is 382 g/mol. The first kappa shape index (κ1) is 23.6. The van der Waals surface area contributed by atoms with Gasteiger partial charge in [0.2, 0.25) is 0 Å². The Bertz CT molecular complexity index is 892. The molecule has 0 saturated carbocycles. The SMILES string of the molecule is C=Cc1c(C)c(F)c(C(=N)C(=C(C)\C(C)=C/C)/C(C)=C(\C)N)c(CC)c1CC. The van der Waals surface area contributed by atoms with Gasteiger partial charge in [-0.25, -0.2) is 4.39 Å². The van der Waals surface area contributed by atoms with Gasteiger partial charge in [0.25, 0.3) is 0 Å². The van der Waals surface area contributed by atoms with E-state index in [1.165, 1.54) is 0 Å². The number of hydrogen-bond acceptors (Lipinski definition) is 2. The van der Waals surface area contributed by atoms with Crippen LogP contribution in [0.15, 0.2) is 40.6 Å². The standard InChI is InChI=1S/C25H35FN2/c1-10-14(5)15(6)22(16(7)18(9)27)25(28)23-21(13-4)20(12-3)19(11-2)17(8)24(23)26/h10-11,28H,2,12-13,27H2,1,3-9H3/b14-10-,18-16+,22-15-,28-25?. The molecule has 0 aliphatic heterocycles. The summed E-state index contributed by atoms with van der Waals surface area (Å²) in [5.74, 6) is -0.333. The minimum atomic E-state index is -0.333. The van der Waals surface area contributed by atoms with Gasteiger partial charge >= 0.3 is 0 Å². The number of hydrogen-bond donors (Lipinski definition) is 2. The van der Waals surface area contributed by atoms with Crippen LogP contribution in [-0.4, -0.2) is 5.71 Å². The summed E-state index contributed by atoms with van der Waals surface area (Å²) < 4.78 is 15.6. The lowest BCUT2D eigenvalue weighted by Crippen LogP contribution is -2.18. The van der Waals surface area contributed by atoms with Gasteiger partial charge in [-0.15, -0.1) is 0 Å². The average Bonchev–Trinajstić information content (AvgIpc) is 2.67. The third kappa shape index (κ3) is 4.19. The van der Waals surface area contributed by atoms with Crippen LogP contribution in [-0.2, 0) is 12.8 Å². The molecule has 1 aromatic rings. The molecule has 152 valence electrons. The van der Waals surface area contributed by atoms with Crippen LogP contribution in [0.2, 0.25) is 0 Å². The molecule has 0 saturated heterocycles. The second-order valence-electron chi connectivity index (χ2n) is 7.25. The van der Waals surface area contributed by atoms with Crippen molar-refractivity contribution >= 4 is 11.8 Å². The first-order chi connectivity index (χ1) is 13.1. The van der Waals surface area contributed by atoms with Crippen molar-refractivity contribution in [3.63, 3.8) is 0 Å². The molecule has 2 nitrogen and oxygen atoms in total. The number of nitrogens with two attached hydrogens (primary N) is 1. The number of benzene rings is 1. The molecule has 0 fully saturated rings. The summed E-state index contributed by atoms with van der Waals surface area (Å²) in [6.45, 7) is 19.4. The third-order valence-electron chi connectivity index (χ3n) is 5.72. The Morgan fingerprint density at radius 2 is 1.61 bits per heavy atom. The molecule has 1 aromatic carbocycles. The molecule has 0 aromatic heterocycles.